The first kappa shape index (κ1) is 19.9. The van der Waals surface area contributed by atoms with Gasteiger partial charge in [0, 0.05) is 64.5 Å². The summed E-state index contributed by atoms with van der Waals surface area (Å²) in [5.74, 6) is -1.89. The van der Waals surface area contributed by atoms with E-state index < -0.39 is 21.8 Å². The molecule has 2 aromatic rings. The third-order valence-corrected chi connectivity index (χ3v) is 3.38. The molecule has 0 unspecified atom stereocenters. The molecule has 2 radical (unpaired) electrons. The van der Waals surface area contributed by atoms with Crippen LogP contribution in [0.5, 0.6) is 5.75 Å². The van der Waals surface area contributed by atoms with Crippen LogP contribution in [0.25, 0.3) is 10.8 Å². The fraction of sp³-hybridized carbons (Fsp3) is 0. The summed E-state index contributed by atoms with van der Waals surface area (Å²) in [6.45, 7) is 0. The standard InChI is InChI=1S/C11H8O6S.2Na/c12-9-5-7-6(4-8(9)11(13)14)2-1-3-10(7)18(15,16)17;;/h1-5,12H,(H,13,14)(H,15,16,17);;. The second-order valence-electron chi connectivity index (χ2n) is 3.63. The minimum atomic E-state index is -4.44. The van der Waals surface area contributed by atoms with Gasteiger partial charge in [0.05, 0.1) is 0 Å². The molecular formula is C11H8Na2O6S. The van der Waals surface area contributed by atoms with Crippen LogP contribution in [0.4, 0.5) is 0 Å². The molecule has 96 valence electrons. The van der Waals surface area contributed by atoms with Crippen LogP contribution >= 0.6 is 0 Å². The quantitative estimate of drug-likeness (QED) is 0.556. The summed E-state index contributed by atoms with van der Waals surface area (Å²) in [5.41, 5.74) is -0.338. The summed E-state index contributed by atoms with van der Waals surface area (Å²) in [6.07, 6.45) is 0. The zero-order valence-corrected chi connectivity index (χ0v) is 15.7. The van der Waals surface area contributed by atoms with Crippen molar-refractivity contribution in [3.05, 3.63) is 35.9 Å². The van der Waals surface area contributed by atoms with Crippen molar-refractivity contribution in [3.63, 3.8) is 0 Å². The number of carboxylic acids is 1. The Hall–Kier alpha value is -0.120. The Kier molecular flexibility index (Phi) is 7.19. The Balaban J connectivity index is 0.00000180. The van der Waals surface area contributed by atoms with Gasteiger partial charge >= 0.3 is 5.97 Å². The minimum Gasteiger partial charge on any atom is -0.507 e. The predicted molar refractivity (Wildman–Crippen MR) is 73.9 cm³/mol. The van der Waals surface area contributed by atoms with E-state index in [9.17, 15) is 18.3 Å². The van der Waals surface area contributed by atoms with Crippen LogP contribution in [0.3, 0.4) is 0 Å². The summed E-state index contributed by atoms with van der Waals surface area (Å²) >= 11 is 0. The fourth-order valence-electron chi connectivity index (χ4n) is 1.68. The van der Waals surface area contributed by atoms with Crippen LogP contribution in [0.15, 0.2) is 35.2 Å². The molecule has 0 aromatic heterocycles. The molecule has 0 aliphatic heterocycles. The molecular weight excluding hydrogens is 306 g/mol. The molecule has 6 nitrogen and oxygen atoms in total. The Morgan fingerprint density at radius 3 is 2.20 bits per heavy atom. The van der Waals surface area contributed by atoms with Crippen molar-refractivity contribution in [1.82, 2.24) is 0 Å². The second-order valence-corrected chi connectivity index (χ2v) is 5.02. The first-order valence-electron chi connectivity index (χ1n) is 4.77. The third-order valence-electron chi connectivity index (χ3n) is 2.47. The fourth-order valence-corrected chi connectivity index (χ4v) is 2.39. The van der Waals surface area contributed by atoms with Gasteiger partial charge in [0.15, 0.2) is 0 Å². The van der Waals surface area contributed by atoms with Gasteiger partial charge in [0.1, 0.15) is 16.2 Å². The molecule has 0 fully saturated rings. The van der Waals surface area contributed by atoms with Gasteiger partial charge in [-0.15, -0.1) is 0 Å². The van der Waals surface area contributed by atoms with E-state index in [1.165, 1.54) is 12.1 Å². The molecule has 0 saturated heterocycles. The van der Waals surface area contributed by atoms with Crippen molar-refractivity contribution >= 4 is 86.0 Å². The van der Waals surface area contributed by atoms with Gasteiger partial charge in [0.2, 0.25) is 0 Å². The van der Waals surface area contributed by atoms with Crippen LogP contribution in [-0.2, 0) is 10.1 Å². The maximum absolute atomic E-state index is 11.1. The number of hydrogen-bond donors (Lipinski definition) is 3. The molecule has 0 aliphatic carbocycles. The summed E-state index contributed by atoms with van der Waals surface area (Å²) in [4.78, 5) is 10.4. The average Bonchev–Trinajstić information content (AvgIpc) is 2.25. The van der Waals surface area contributed by atoms with Crippen LogP contribution in [0.2, 0.25) is 0 Å². The number of rotatable bonds is 2. The van der Waals surface area contributed by atoms with Crippen molar-refractivity contribution in [3.8, 4) is 5.75 Å². The number of hydrogen-bond acceptors (Lipinski definition) is 4. The monoisotopic (exact) mass is 314 g/mol. The largest absolute Gasteiger partial charge is 0.507 e. The molecule has 0 saturated carbocycles. The minimum absolute atomic E-state index is 0. The van der Waals surface area contributed by atoms with Crippen molar-refractivity contribution in [2.45, 2.75) is 4.90 Å². The SMILES string of the molecule is O=C(O)c1cc2cccc(S(=O)(=O)O)c2cc1O.[Na].[Na]. The van der Waals surface area contributed by atoms with Crippen LogP contribution < -0.4 is 0 Å². The number of phenols is 1. The van der Waals surface area contributed by atoms with Gasteiger partial charge in [-0.05, 0) is 23.6 Å². The number of carbonyl (C=O) groups is 1. The first-order chi connectivity index (χ1) is 8.30. The smallest absolute Gasteiger partial charge is 0.339 e. The van der Waals surface area contributed by atoms with Crippen molar-refractivity contribution in [2.24, 2.45) is 0 Å². The third kappa shape index (κ3) is 3.96. The van der Waals surface area contributed by atoms with E-state index in [0.29, 0.717) is 5.39 Å². The topological polar surface area (TPSA) is 112 Å². The average molecular weight is 314 g/mol. The summed E-state index contributed by atoms with van der Waals surface area (Å²) < 4.78 is 31.3. The zero-order chi connectivity index (χ0) is 13.5. The second kappa shape index (κ2) is 7.24. The Morgan fingerprint density at radius 2 is 1.70 bits per heavy atom. The first-order valence-corrected chi connectivity index (χ1v) is 6.21. The van der Waals surface area contributed by atoms with Crippen molar-refractivity contribution in [1.29, 1.82) is 0 Å². The van der Waals surface area contributed by atoms with Gasteiger partial charge in [-0.3, -0.25) is 4.55 Å². The van der Waals surface area contributed by atoms with Crippen LogP contribution in [-0.4, -0.2) is 88.3 Å². The molecule has 3 N–H and O–H groups in total. The molecule has 9 heteroatoms. The molecule has 0 amide bonds. The summed E-state index contributed by atoms with van der Waals surface area (Å²) in [7, 11) is -4.44. The normalized spacial score (nSPS) is 10.4. The molecule has 0 heterocycles. The maximum Gasteiger partial charge on any atom is 0.339 e. The molecule has 0 aliphatic rings. The number of aromatic hydroxyl groups is 1. The Morgan fingerprint density at radius 1 is 1.10 bits per heavy atom. The molecule has 0 atom stereocenters. The molecule has 2 rings (SSSR count). The van der Waals surface area contributed by atoms with Gasteiger partial charge < -0.3 is 10.2 Å². The molecule has 20 heavy (non-hydrogen) atoms. The summed E-state index contributed by atoms with van der Waals surface area (Å²) in [6, 6.07) is 6.16. The Labute approximate surface area is 159 Å². The van der Waals surface area contributed by atoms with E-state index in [-0.39, 0.29) is 75.0 Å². The maximum atomic E-state index is 11.1. The molecule has 2 aromatic carbocycles. The van der Waals surface area contributed by atoms with Gasteiger partial charge in [-0.2, -0.15) is 8.42 Å². The van der Waals surface area contributed by atoms with E-state index in [1.54, 1.807) is 0 Å². The number of benzene rings is 2. The van der Waals surface area contributed by atoms with E-state index >= 15 is 0 Å². The Bertz CT molecular complexity index is 757. The van der Waals surface area contributed by atoms with E-state index in [4.69, 9.17) is 9.66 Å². The summed E-state index contributed by atoms with van der Waals surface area (Å²) in [5, 5.41) is 18.7. The van der Waals surface area contributed by atoms with Gasteiger partial charge in [-0.1, -0.05) is 12.1 Å². The van der Waals surface area contributed by atoms with E-state index in [2.05, 4.69) is 0 Å². The number of aromatic carboxylic acids is 1. The molecule has 0 spiro atoms. The molecule has 0 bridgehead atoms. The van der Waals surface area contributed by atoms with Gasteiger partial charge in [0.25, 0.3) is 10.1 Å². The van der Waals surface area contributed by atoms with Crippen molar-refractivity contribution in [2.75, 3.05) is 0 Å². The van der Waals surface area contributed by atoms with E-state index in [0.717, 1.165) is 18.2 Å². The van der Waals surface area contributed by atoms with E-state index in [1.807, 2.05) is 0 Å². The number of fused-ring (bicyclic) bond motifs is 1. The number of carboxylic acid groups (broad SMARTS) is 1. The van der Waals surface area contributed by atoms with Gasteiger partial charge in [-0.25, -0.2) is 4.79 Å². The van der Waals surface area contributed by atoms with Crippen LogP contribution in [0, 0.1) is 0 Å². The van der Waals surface area contributed by atoms with Crippen LogP contribution in [0.1, 0.15) is 10.4 Å². The van der Waals surface area contributed by atoms with Crippen molar-refractivity contribution < 1.29 is 28.0 Å². The predicted octanol–water partition coefficient (Wildman–Crippen LogP) is 0.729. The zero-order valence-electron chi connectivity index (χ0n) is 10.9.